The van der Waals surface area contributed by atoms with E-state index >= 15 is 0 Å². The number of carbonyl (C=O) groups excluding carboxylic acids is 2. The number of hydrogen-bond donors (Lipinski definition) is 2. The molecule has 0 radical (unpaired) electrons. The van der Waals surface area contributed by atoms with Crippen LogP contribution in [-0.2, 0) is 9.53 Å². The molecule has 1 heterocycles. The van der Waals surface area contributed by atoms with Gasteiger partial charge in [0.2, 0.25) is 0 Å². The summed E-state index contributed by atoms with van der Waals surface area (Å²) < 4.78 is 4.84. The minimum absolute atomic E-state index is 0.195. The molecule has 0 unspecified atom stereocenters. The van der Waals surface area contributed by atoms with Gasteiger partial charge in [-0.05, 0) is 19.1 Å². The maximum atomic E-state index is 11.5. The molecule has 0 aliphatic carbocycles. The summed E-state index contributed by atoms with van der Waals surface area (Å²) in [5, 5.41) is 3.80. The summed E-state index contributed by atoms with van der Waals surface area (Å²) in [6.07, 6.45) is 0.195. The maximum absolute atomic E-state index is 11.5. The average Bonchev–Trinajstić information content (AvgIpc) is 2.46. The van der Waals surface area contributed by atoms with Crippen LogP contribution < -0.4 is 11.1 Å². The standard InChI is InChI=1S/C15H17N3O3/c1-2-21-13(19)7-8-17-15-11(14(16)20)9-10-5-3-4-6-12(10)18-15/h3-6,9H,2,7-8H2,1H3,(H2,16,20)(H,17,18). The van der Waals surface area contributed by atoms with Crippen molar-refractivity contribution >= 4 is 28.6 Å². The Morgan fingerprint density at radius 2 is 2.10 bits per heavy atom. The third-order valence-electron chi connectivity index (χ3n) is 2.92. The molecule has 0 atom stereocenters. The number of rotatable bonds is 6. The van der Waals surface area contributed by atoms with Gasteiger partial charge < -0.3 is 15.8 Å². The third-order valence-corrected chi connectivity index (χ3v) is 2.92. The van der Waals surface area contributed by atoms with E-state index in [1.807, 2.05) is 24.3 Å². The van der Waals surface area contributed by atoms with E-state index in [1.54, 1.807) is 13.0 Å². The van der Waals surface area contributed by atoms with Gasteiger partial charge in [-0.3, -0.25) is 9.59 Å². The highest BCUT2D eigenvalue weighted by Crippen LogP contribution is 2.20. The number of aromatic nitrogens is 1. The van der Waals surface area contributed by atoms with Gasteiger partial charge in [-0.15, -0.1) is 0 Å². The molecule has 1 aromatic carbocycles. The van der Waals surface area contributed by atoms with Crippen LogP contribution >= 0.6 is 0 Å². The lowest BCUT2D eigenvalue weighted by Crippen LogP contribution is -2.18. The van der Waals surface area contributed by atoms with Gasteiger partial charge in [-0.25, -0.2) is 4.98 Å². The van der Waals surface area contributed by atoms with Crippen molar-refractivity contribution in [2.75, 3.05) is 18.5 Å². The molecule has 0 saturated heterocycles. The fourth-order valence-electron chi connectivity index (χ4n) is 1.95. The van der Waals surface area contributed by atoms with E-state index in [-0.39, 0.29) is 12.4 Å². The molecule has 3 N–H and O–H groups in total. The van der Waals surface area contributed by atoms with Crippen molar-refractivity contribution in [1.29, 1.82) is 0 Å². The average molecular weight is 287 g/mol. The molecule has 2 rings (SSSR count). The Balaban J connectivity index is 2.19. The fourth-order valence-corrected chi connectivity index (χ4v) is 1.95. The number of anilines is 1. The monoisotopic (exact) mass is 287 g/mol. The Morgan fingerprint density at radius 1 is 1.33 bits per heavy atom. The summed E-state index contributed by atoms with van der Waals surface area (Å²) in [6, 6.07) is 9.12. The van der Waals surface area contributed by atoms with Crippen LogP contribution in [0.5, 0.6) is 0 Å². The first kappa shape index (κ1) is 14.8. The molecule has 6 heteroatoms. The van der Waals surface area contributed by atoms with Crippen LogP contribution in [0.1, 0.15) is 23.7 Å². The molecule has 2 aromatic rings. The van der Waals surface area contributed by atoms with Crippen molar-refractivity contribution in [3.8, 4) is 0 Å². The lowest BCUT2D eigenvalue weighted by Gasteiger charge is -2.10. The molecule has 110 valence electrons. The Hall–Kier alpha value is -2.63. The predicted molar refractivity (Wildman–Crippen MR) is 80.0 cm³/mol. The van der Waals surface area contributed by atoms with Crippen molar-refractivity contribution in [1.82, 2.24) is 4.98 Å². The highest BCUT2D eigenvalue weighted by atomic mass is 16.5. The van der Waals surface area contributed by atoms with Gasteiger partial charge in [0.15, 0.2) is 0 Å². The number of ether oxygens (including phenoxy) is 1. The molecule has 0 fully saturated rings. The number of nitrogens with one attached hydrogen (secondary N) is 1. The Bertz CT molecular complexity index is 670. The van der Waals surface area contributed by atoms with Gasteiger partial charge in [-0.1, -0.05) is 18.2 Å². The number of pyridine rings is 1. The Labute approximate surface area is 122 Å². The summed E-state index contributed by atoms with van der Waals surface area (Å²) in [6.45, 7) is 2.42. The van der Waals surface area contributed by atoms with Crippen LogP contribution in [0.4, 0.5) is 5.82 Å². The van der Waals surface area contributed by atoms with Crippen molar-refractivity contribution in [2.45, 2.75) is 13.3 Å². The van der Waals surface area contributed by atoms with Crippen LogP contribution in [0.2, 0.25) is 0 Å². The summed E-state index contributed by atoms with van der Waals surface area (Å²) in [7, 11) is 0. The van der Waals surface area contributed by atoms with Crippen LogP contribution in [-0.4, -0.2) is 30.0 Å². The van der Waals surface area contributed by atoms with E-state index in [0.29, 0.717) is 24.5 Å². The van der Waals surface area contributed by atoms with Crippen LogP contribution in [0.3, 0.4) is 0 Å². The number of fused-ring (bicyclic) bond motifs is 1. The zero-order valence-electron chi connectivity index (χ0n) is 11.8. The smallest absolute Gasteiger partial charge is 0.307 e. The summed E-state index contributed by atoms with van der Waals surface area (Å²) in [5.41, 5.74) is 6.43. The summed E-state index contributed by atoms with van der Waals surface area (Å²) in [4.78, 5) is 27.2. The molecule has 21 heavy (non-hydrogen) atoms. The van der Waals surface area contributed by atoms with Gasteiger partial charge in [-0.2, -0.15) is 0 Å². The lowest BCUT2D eigenvalue weighted by molar-refractivity contribution is -0.142. The molecule has 0 saturated carbocycles. The molecule has 6 nitrogen and oxygen atoms in total. The SMILES string of the molecule is CCOC(=O)CCNc1nc2ccccc2cc1C(N)=O. The van der Waals surface area contributed by atoms with Gasteiger partial charge >= 0.3 is 5.97 Å². The van der Waals surface area contributed by atoms with Crippen molar-refractivity contribution < 1.29 is 14.3 Å². The number of para-hydroxylation sites is 1. The van der Waals surface area contributed by atoms with Gasteiger partial charge in [0.05, 0.1) is 24.1 Å². The zero-order chi connectivity index (χ0) is 15.2. The highest BCUT2D eigenvalue weighted by Gasteiger charge is 2.12. The number of primary amides is 1. The zero-order valence-corrected chi connectivity index (χ0v) is 11.8. The number of carbonyl (C=O) groups is 2. The minimum Gasteiger partial charge on any atom is -0.466 e. The molecular formula is C15H17N3O3. The van der Waals surface area contributed by atoms with Gasteiger partial charge in [0.25, 0.3) is 5.91 Å². The number of benzene rings is 1. The van der Waals surface area contributed by atoms with Crippen molar-refractivity contribution in [2.24, 2.45) is 5.73 Å². The number of amides is 1. The maximum Gasteiger partial charge on any atom is 0.307 e. The van der Waals surface area contributed by atoms with Crippen LogP contribution in [0.25, 0.3) is 10.9 Å². The first-order valence-electron chi connectivity index (χ1n) is 6.71. The fraction of sp³-hybridized carbons (Fsp3) is 0.267. The van der Waals surface area contributed by atoms with E-state index in [1.165, 1.54) is 0 Å². The molecule has 0 spiro atoms. The van der Waals surface area contributed by atoms with Crippen LogP contribution in [0, 0.1) is 0 Å². The Kier molecular flexibility index (Phi) is 4.71. The van der Waals surface area contributed by atoms with Gasteiger partial charge in [0.1, 0.15) is 5.82 Å². The Morgan fingerprint density at radius 3 is 2.81 bits per heavy atom. The molecule has 0 aliphatic rings. The van der Waals surface area contributed by atoms with Crippen molar-refractivity contribution in [3.63, 3.8) is 0 Å². The van der Waals surface area contributed by atoms with E-state index < -0.39 is 5.91 Å². The molecule has 0 bridgehead atoms. The molecule has 1 amide bonds. The summed E-state index contributed by atoms with van der Waals surface area (Å²) in [5.74, 6) is -0.483. The minimum atomic E-state index is -0.563. The van der Waals surface area contributed by atoms with E-state index in [0.717, 1.165) is 10.9 Å². The molecular weight excluding hydrogens is 270 g/mol. The second-order valence-electron chi connectivity index (χ2n) is 4.42. The third kappa shape index (κ3) is 3.68. The second-order valence-corrected chi connectivity index (χ2v) is 4.42. The quantitative estimate of drug-likeness (QED) is 0.788. The molecule has 1 aromatic heterocycles. The van der Waals surface area contributed by atoms with E-state index in [4.69, 9.17) is 10.5 Å². The van der Waals surface area contributed by atoms with Crippen LogP contribution in [0.15, 0.2) is 30.3 Å². The van der Waals surface area contributed by atoms with E-state index in [2.05, 4.69) is 10.3 Å². The lowest BCUT2D eigenvalue weighted by atomic mass is 10.1. The highest BCUT2D eigenvalue weighted by molar-refractivity contribution is 6.01. The number of hydrogen-bond acceptors (Lipinski definition) is 5. The second kappa shape index (κ2) is 6.69. The molecule has 0 aliphatic heterocycles. The summed E-state index contributed by atoms with van der Waals surface area (Å²) >= 11 is 0. The van der Waals surface area contributed by atoms with E-state index in [9.17, 15) is 9.59 Å². The number of nitrogens with zero attached hydrogens (tertiary/aromatic N) is 1. The van der Waals surface area contributed by atoms with Gasteiger partial charge in [0, 0.05) is 11.9 Å². The first-order valence-corrected chi connectivity index (χ1v) is 6.71. The number of esters is 1. The van der Waals surface area contributed by atoms with Crippen molar-refractivity contribution in [3.05, 3.63) is 35.9 Å². The topological polar surface area (TPSA) is 94.3 Å². The first-order chi connectivity index (χ1) is 10.1. The number of nitrogens with two attached hydrogens (primary N) is 1. The largest absolute Gasteiger partial charge is 0.466 e. The predicted octanol–water partition coefficient (Wildman–Crippen LogP) is 1.70. The normalized spacial score (nSPS) is 10.3.